The zero-order chi connectivity index (χ0) is 17.9. The molecule has 136 valence electrons. The number of unbranched alkanes of at least 4 members (excludes halogenated alkanes) is 10. The largest absolute Gasteiger partial charge is 0.303 e. The number of hydrogen-bond donors (Lipinski definition) is 0. The molecular weight excluding hydrogens is 314 g/mol. The van der Waals surface area contributed by atoms with Crippen LogP contribution >= 0.6 is 0 Å². The van der Waals surface area contributed by atoms with Crippen molar-refractivity contribution in [2.75, 3.05) is 6.54 Å². The van der Waals surface area contributed by atoms with Crippen LogP contribution in [0.15, 0.2) is 24.3 Å². The van der Waals surface area contributed by atoms with E-state index in [1.165, 1.54) is 43.4 Å². The minimum absolute atomic E-state index is 0.143. The van der Waals surface area contributed by atoms with E-state index in [1.54, 1.807) is 24.3 Å². The number of fused-ring (bicyclic) bond motifs is 1. The molecule has 0 bridgehead atoms. The molecule has 4 nitrogen and oxygen atoms in total. The summed E-state index contributed by atoms with van der Waals surface area (Å²) in [5, 5.41) is 0. The van der Waals surface area contributed by atoms with Crippen molar-refractivity contribution in [1.82, 2.24) is 4.90 Å². The van der Waals surface area contributed by atoms with Gasteiger partial charge in [0, 0.05) is 13.0 Å². The van der Waals surface area contributed by atoms with Gasteiger partial charge in [-0.25, -0.2) is 0 Å². The van der Waals surface area contributed by atoms with Gasteiger partial charge < -0.3 is 4.79 Å². The van der Waals surface area contributed by atoms with Crippen molar-refractivity contribution in [3.05, 3.63) is 35.4 Å². The van der Waals surface area contributed by atoms with Crippen molar-refractivity contribution in [2.45, 2.75) is 70.6 Å². The summed E-state index contributed by atoms with van der Waals surface area (Å²) in [4.78, 5) is 36.0. The highest BCUT2D eigenvalue weighted by atomic mass is 16.2. The zero-order valence-electron chi connectivity index (χ0n) is 15.0. The van der Waals surface area contributed by atoms with Crippen LogP contribution in [0, 0.1) is 0 Å². The summed E-state index contributed by atoms with van der Waals surface area (Å²) in [6, 6.07) is 7.06. The SMILES string of the molecule is O=CCCCCCCCCCCCCN1C(=O)c2ccccc2C1=O. The Labute approximate surface area is 150 Å². The fourth-order valence-corrected chi connectivity index (χ4v) is 3.35. The number of carbonyl (C=O) groups is 3. The molecule has 1 aliphatic rings. The Morgan fingerprint density at radius 2 is 1.12 bits per heavy atom. The first-order valence-corrected chi connectivity index (χ1v) is 9.64. The number of hydrogen-bond acceptors (Lipinski definition) is 3. The molecule has 2 amide bonds. The lowest BCUT2D eigenvalue weighted by molar-refractivity contribution is -0.107. The van der Waals surface area contributed by atoms with Crippen molar-refractivity contribution < 1.29 is 14.4 Å². The van der Waals surface area contributed by atoms with Gasteiger partial charge >= 0.3 is 0 Å². The smallest absolute Gasteiger partial charge is 0.261 e. The number of imide groups is 1. The lowest BCUT2D eigenvalue weighted by atomic mass is 10.1. The Morgan fingerprint density at radius 1 is 0.680 bits per heavy atom. The van der Waals surface area contributed by atoms with Crippen LogP contribution in [-0.2, 0) is 4.79 Å². The van der Waals surface area contributed by atoms with Crippen molar-refractivity contribution in [2.24, 2.45) is 0 Å². The highest BCUT2D eigenvalue weighted by Crippen LogP contribution is 2.23. The lowest BCUT2D eigenvalue weighted by Gasteiger charge is -2.13. The molecule has 0 unspecified atom stereocenters. The van der Waals surface area contributed by atoms with Gasteiger partial charge in [-0.15, -0.1) is 0 Å². The second kappa shape index (κ2) is 10.8. The molecule has 0 saturated carbocycles. The van der Waals surface area contributed by atoms with Crippen LogP contribution in [0.5, 0.6) is 0 Å². The quantitative estimate of drug-likeness (QED) is 0.294. The van der Waals surface area contributed by atoms with E-state index in [9.17, 15) is 14.4 Å². The Morgan fingerprint density at radius 3 is 1.60 bits per heavy atom. The van der Waals surface area contributed by atoms with E-state index >= 15 is 0 Å². The third kappa shape index (κ3) is 5.80. The van der Waals surface area contributed by atoms with Gasteiger partial charge in [0.05, 0.1) is 11.1 Å². The average Bonchev–Trinajstić information content (AvgIpc) is 2.87. The maximum atomic E-state index is 12.2. The standard InChI is InChI=1S/C21H29NO3/c23-17-13-9-7-5-3-1-2-4-6-8-12-16-22-20(24)18-14-10-11-15-19(18)21(22)25/h10-11,14-15,17H,1-9,12-13,16H2. The molecule has 0 spiro atoms. The Hall–Kier alpha value is -1.97. The topological polar surface area (TPSA) is 54.5 Å². The molecule has 1 aliphatic heterocycles. The van der Waals surface area contributed by atoms with Crippen LogP contribution in [0.25, 0.3) is 0 Å². The molecule has 4 heteroatoms. The molecular formula is C21H29NO3. The van der Waals surface area contributed by atoms with Gasteiger partial charge in [0.25, 0.3) is 11.8 Å². The number of benzene rings is 1. The van der Waals surface area contributed by atoms with Gasteiger partial charge in [-0.1, -0.05) is 63.5 Å². The predicted molar refractivity (Wildman–Crippen MR) is 98.7 cm³/mol. The van der Waals surface area contributed by atoms with Crippen LogP contribution in [0.1, 0.15) is 91.3 Å². The van der Waals surface area contributed by atoms with E-state index in [2.05, 4.69) is 0 Å². The van der Waals surface area contributed by atoms with Gasteiger partial charge in [0.2, 0.25) is 0 Å². The second-order valence-electron chi connectivity index (χ2n) is 6.80. The normalized spacial score (nSPS) is 13.4. The monoisotopic (exact) mass is 343 g/mol. The molecule has 0 atom stereocenters. The first-order chi connectivity index (χ1) is 12.3. The van der Waals surface area contributed by atoms with E-state index in [-0.39, 0.29) is 11.8 Å². The summed E-state index contributed by atoms with van der Waals surface area (Å²) in [7, 11) is 0. The van der Waals surface area contributed by atoms with E-state index < -0.39 is 0 Å². The number of rotatable bonds is 13. The second-order valence-corrected chi connectivity index (χ2v) is 6.80. The van der Waals surface area contributed by atoms with Gasteiger partial charge in [0.15, 0.2) is 0 Å². The summed E-state index contributed by atoms with van der Waals surface area (Å²) in [5.74, 6) is -0.287. The molecule has 0 radical (unpaired) electrons. The summed E-state index contributed by atoms with van der Waals surface area (Å²) in [5.41, 5.74) is 1.08. The predicted octanol–water partition coefficient (Wildman–Crippen LogP) is 4.77. The molecule has 1 aromatic rings. The molecule has 0 aromatic heterocycles. The minimum Gasteiger partial charge on any atom is -0.303 e. The number of aldehydes is 1. The summed E-state index contributed by atoms with van der Waals surface area (Å²) in [6.07, 6.45) is 13.2. The van der Waals surface area contributed by atoms with E-state index in [0.717, 1.165) is 32.0 Å². The number of carbonyl (C=O) groups excluding carboxylic acids is 3. The summed E-state index contributed by atoms with van der Waals surface area (Å²) in [6.45, 7) is 0.531. The van der Waals surface area contributed by atoms with Crippen LogP contribution in [0.3, 0.4) is 0 Å². The molecule has 1 aromatic carbocycles. The Balaban J connectivity index is 1.50. The van der Waals surface area contributed by atoms with Crippen molar-refractivity contribution in [3.63, 3.8) is 0 Å². The highest BCUT2D eigenvalue weighted by Gasteiger charge is 2.34. The van der Waals surface area contributed by atoms with Crippen molar-refractivity contribution in [1.29, 1.82) is 0 Å². The van der Waals surface area contributed by atoms with E-state index in [1.807, 2.05) is 0 Å². The molecule has 1 heterocycles. The zero-order valence-corrected chi connectivity index (χ0v) is 15.0. The molecule has 0 N–H and O–H groups in total. The first kappa shape index (κ1) is 19.4. The minimum atomic E-state index is -0.143. The molecule has 25 heavy (non-hydrogen) atoms. The number of nitrogens with zero attached hydrogens (tertiary/aromatic N) is 1. The van der Waals surface area contributed by atoms with Gasteiger partial charge in [0.1, 0.15) is 6.29 Å². The summed E-state index contributed by atoms with van der Waals surface area (Å²) >= 11 is 0. The Bertz CT molecular complexity index is 547. The third-order valence-corrected chi connectivity index (χ3v) is 4.83. The van der Waals surface area contributed by atoms with Gasteiger partial charge in [-0.3, -0.25) is 14.5 Å². The molecule has 2 rings (SSSR count). The van der Waals surface area contributed by atoms with Crippen LogP contribution < -0.4 is 0 Å². The van der Waals surface area contributed by atoms with Crippen LogP contribution in [0.4, 0.5) is 0 Å². The maximum absolute atomic E-state index is 12.2. The van der Waals surface area contributed by atoms with Crippen molar-refractivity contribution in [3.8, 4) is 0 Å². The van der Waals surface area contributed by atoms with Crippen molar-refractivity contribution >= 4 is 18.1 Å². The maximum Gasteiger partial charge on any atom is 0.261 e. The van der Waals surface area contributed by atoms with E-state index in [4.69, 9.17) is 0 Å². The molecule has 0 saturated heterocycles. The van der Waals surface area contributed by atoms with Gasteiger partial charge in [-0.05, 0) is 25.0 Å². The fraction of sp³-hybridized carbons (Fsp3) is 0.571. The lowest BCUT2D eigenvalue weighted by Crippen LogP contribution is -2.30. The van der Waals surface area contributed by atoms with Crippen LogP contribution in [-0.4, -0.2) is 29.5 Å². The highest BCUT2D eigenvalue weighted by molar-refractivity contribution is 6.21. The average molecular weight is 343 g/mol. The van der Waals surface area contributed by atoms with Gasteiger partial charge in [-0.2, -0.15) is 0 Å². The third-order valence-electron chi connectivity index (χ3n) is 4.83. The molecule has 0 aliphatic carbocycles. The Kier molecular flexibility index (Phi) is 8.36. The summed E-state index contributed by atoms with van der Waals surface area (Å²) < 4.78 is 0. The van der Waals surface area contributed by atoms with E-state index in [0.29, 0.717) is 24.1 Å². The molecule has 0 fully saturated rings. The fourth-order valence-electron chi connectivity index (χ4n) is 3.35. The first-order valence-electron chi connectivity index (χ1n) is 9.64. The number of amides is 2. The van der Waals surface area contributed by atoms with Crippen LogP contribution in [0.2, 0.25) is 0 Å².